The highest BCUT2D eigenvalue weighted by Gasteiger charge is 2.30. The number of likely N-dealkylation sites (N-methyl/N-ethyl adjacent to an activating group) is 1. The number of hydrogen-bond donors (Lipinski definition) is 0. The lowest BCUT2D eigenvalue weighted by molar-refractivity contribution is -0.121. The summed E-state index contributed by atoms with van der Waals surface area (Å²) in [5, 5.41) is 0. The summed E-state index contributed by atoms with van der Waals surface area (Å²) in [5.41, 5.74) is 0.780. The van der Waals surface area contributed by atoms with Crippen LogP contribution in [0, 0.1) is 5.82 Å². The summed E-state index contributed by atoms with van der Waals surface area (Å²) < 4.78 is 19.2. The number of thiocarbonyl (C=S) groups is 1. The van der Waals surface area contributed by atoms with Crippen LogP contribution >= 0.6 is 24.0 Å². The van der Waals surface area contributed by atoms with Crippen molar-refractivity contribution >= 4 is 40.3 Å². The van der Waals surface area contributed by atoms with Crippen LogP contribution in [0.25, 0.3) is 17.4 Å². The molecule has 0 radical (unpaired) electrons. The first kappa shape index (κ1) is 15.0. The zero-order chi connectivity index (χ0) is 15.7. The van der Waals surface area contributed by atoms with Gasteiger partial charge < -0.3 is 4.42 Å². The zero-order valence-electron chi connectivity index (χ0n) is 11.7. The van der Waals surface area contributed by atoms with Gasteiger partial charge in [0, 0.05) is 18.2 Å². The Labute approximate surface area is 136 Å². The van der Waals surface area contributed by atoms with Crippen molar-refractivity contribution < 1.29 is 13.6 Å². The van der Waals surface area contributed by atoms with Gasteiger partial charge in [-0.25, -0.2) is 4.39 Å². The number of hydrogen-bond acceptors (Lipinski definition) is 4. The summed E-state index contributed by atoms with van der Waals surface area (Å²) in [7, 11) is 0. The predicted octanol–water partition coefficient (Wildman–Crippen LogP) is 4.31. The summed E-state index contributed by atoms with van der Waals surface area (Å²) in [6, 6.07) is 9.62. The van der Waals surface area contributed by atoms with Crippen LogP contribution < -0.4 is 0 Å². The molecule has 0 atom stereocenters. The molecule has 0 bridgehead atoms. The molecule has 0 saturated carbocycles. The molecule has 2 heterocycles. The molecule has 2 aromatic rings. The average Bonchev–Trinajstić information content (AvgIpc) is 3.06. The van der Waals surface area contributed by atoms with Gasteiger partial charge in [-0.3, -0.25) is 9.69 Å². The Kier molecular flexibility index (Phi) is 4.13. The molecule has 0 unspecified atom stereocenters. The van der Waals surface area contributed by atoms with Gasteiger partial charge in [-0.05, 0) is 43.3 Å². The van der Waals surface area contributed by atoms with Crippen LogP contribution in [0.3, 0.4) is 0 Å². The predicted molar refractivity (Wildman–Crippen MR) is 89.7 cm³/mol. The number of halogens is 1. The molecular weight excluding hydrogens is 321 g/mol. The van der Waals surface area contributed by atoms with E-state index in [9.17, 15) is 9.18 Å². The molecule has 1 aromatic carbocycles. The number of amides is 1. The lowest BCUT2D eigenvalue weighted by Crippen LogP contribution is -2.27. The summed E-state index contributed by atoms with van der Waals surface area (Å²) in [6.07, 6.45) is 1.68. The normalized spacial score (nSPS) is 16.8. The van der Waals surface area contributed by atoms with Crippen molar-refractivity contribution in [3.8, 4) is 11.3 Å². The molecule has 3 nitrogen and oxygen atoms in total. The minimum absolute atomic E-state index is 0.0998. The van der Waals surface area contributed by atoms with E-state index in [0.717, 1.165) is 5.56 Å². The van der Waals surface area contributed by atoms with Crippen molar-refractivity contribution in [2.24, 2.45) is 0 Å². The maximum atomic E-state index is 12.9. The number of benzene rings is 1. The molecule has 0 aliphatic carbocycles. The quantitative estimate of drug-likeness (QED) is 0.619. The third-order valence-corrected chi connectivity index (χ3v) is 4.60. The fourth-order valence-electron chi connectivity index (χ4n) is 2.10. The number of carbonyl (C=O) groups is 1. The molecule has 0 N–H and O–H groups in total. The van der Waals surface area contributed by atoms with Crippen LogP contribution in [-0.4, -0.2) is 21.7 Å². The average molecular weight is 333 g/mol. The number of thioether (sulfide) groups is 1. The molecule has 1 fully saturated rings. The highest BCUT2D eigenvalue weighted by molar-refractivity contribution is 8.26. The van der Waals surface area contributed by atoms with Crippen LogP contribution in [0.2, 0.25) is 0 Å². The van der Waals surface area contributed by atoms with Gasteiger partial charge in [0.15, 0.2) is 0 Å². The number of nitrogens with zero attached hydrogens (tertiary/aromatic N) is 1. The van der Waals surface area contributed by atoms with Crippen LogP contribution in [0.1, 0.15) is 12.7 Å². The third kappa shape index (κ3) is 2.84. The van der Waals surface area contributed by atoms with E-state index in [4.69, 9.17) is 16.6 Å². The molecule has 22 heavy (non-hydrogen) atoms. The highest BCUT2D eigenvalue weighted by atomic mass is 32.2. The zero-order valence-corrected chi connectivity index (χ0v) is 13.3. The van der Waals surface area contributed by atoms with Gasteiger partial charge >= 0.3 is 0 Å². The minimum Gasteiger partial charge on any atom is -0.457 e. The monoisotopic (exact) mass is 333 g/mol. The largest absolute Gasteiger partial charge is 0.457 e. The molecule has 0 spiro atoms. The first-order valence-corrected chi connectivity index (χ1v) is 7.92. The van der Waals surface area contributed by atoms with Crippen molar-refractivity contribution in [2.75, 3.05) is 6.54 Å². The topological polar surface area (TPSA) is 33.5 Å². The second kappa shape index (κ2) is 6.06. The first-order valence-electron chi connectivity index (χ1n) is 6.69. The van der Waals surface area contributed by atoms with Crippen molar-refractivity contribution in [1.29, 1.82) is 0 Å². The minimum atomic E-state index is -0.293. The maximum absolute atomic E-state index is 12.9. The van der Waals surface area contributed by atoms with Crippen LogP contribution in [0.4, 0.5) is 4.39 Å². The molecule has 1 saturated heterocycles. The third-order valence-electron chi connectivity index (χ3n) is 3.22. The Morgan fingerprint density at radius 3 is 2.64 bits per heavy atom. The van der Waals surface area contributed by atoms with Gasteiger partial charge in [-0.2, -0.15) is 0 Å². The van der Waals surface area contributed by atoms with E-state index >= 15 is 0 Å². The summed E-state index contributed by atoms with van der Waals surface area (Å²) in [5.74, 6) is 0.796. The SMILES string of the molecule is CCN1C(=O)/C(=C/c2ccc(-c3ccc(F)cc3)o2)SC1=S. The van der Waals surface area contributed by atoms with Crippen molar-refractivity contribution in [3.05, 3.63) is 52.9 Å². The van der Waals surface area contributed by atoms with Crippen LogP contribution in [0.5, 0.6) is 0 Å². The van der Waals surface area contributed by atoms with Gasteiger partial charge in [0.05, 0.1) is 4.91 Å². The molecule has 3 rings (SSSR count). The smallest absolute Gasteiger partial charge is 0.266 e. The van der Waals surface area contributed by atoms with E-state index < -0.39 is 0 Å². The van der Waals surface area contributed by atoms with Crippen molar-refractivity contribution in [1.82, 2.24) is 4.90 Å². The van der Waals surface area contributed by atoms with Gasteiger partial charge in [0.1, 0.15) is 21.7 Å². The maximum Gasteiger partial charge on any atom is 0.266 e. The molecular formula is C16H12FNO2S2. The molecule has 1 aliphatic heterocycles. The number of furan rings is 1. The molecule has 1 amide bonds. The lowest BCUT2D eigenvalue weighted by Gasteiger charge is -2.09. The second-order valence-corrected chi connectivity index (χ2v) is 6.31. The molecule has 1 aromatic heterocycles. The van der Waals surface area contributed by atoms with E-state index in [0.29, 0.717) is 27.3 Å². The van der Waals surface area contributed by atoms with Gasteiger partial charge in [-0.1, -0.05) is 24.0 Å². The molecule has 6 heteroatoms. The Morgan fingerprint density at radius 2 is 2.00 bits per heavy atom. The number of rotatable bonds is 3. The fourth-order valence-corrected chi connectivity index (χ4v) is 3.47. The Morgan fingerprint density at radius 1 is 1.27 bits per heavy atom. The first-order chi connectivity index (χ1) is 10.6. The lowest BCUT2D eigenvalue weighted by atomic mass is 10.2. The number of carbonyl (C=O) groups excluding carboxylic acids is 1. The van der Waals surface area contributed by atoms with Gasteiger partial charge in [-0.15, -0.1) is 0 Å². The summed E-state index contributed by atoms with van der Waals surface area (Å²) >= 11 is 6.43. The Balaban J connectivity index is 1.86. The molecule has 1 aliphatic rings. The van der Waals surface area contributed by atoms with E-state index in [1.807, 2.05) is 6.92 Å². The van der Waals surface area contributed by atoms with E-state index in [1.165, 1.54) is 23.9 Å². The van der Waals surface area contributed by atoms with Crippen molar-refractivity contribution in [2.45, 2.75) is 6.92 Å². The van der Waals surface area contributed by atoms with Gasteiger partial charge in [0.25, 0.3) is 5.91 Å². The highest BCUT2D eigenvalue weighted by Crippen LogP contribution is 2.33. The van der Waals surface area contributed by atoms with Crippen LogP contribution in [-0.2, 0) is 4.79 Å². The standard InChI is InChI=1S/C16H12FNO2S2/c1-2-18-15(19)14(22-16(18)21)9-12-7-8-13(20-12)10-3-5-11(17)6-4-10/h3-9H,2H2,1H3/b14-9-. The summed E-state index contributed by atoms with van der Waals surface area (Å²) in [4.78, 5) is 14.2. The Hall–Kier alpha value is -1.92. The van der Waals surface area contributed by atoms with Crippen LogP contribution in [0.15, 0.2) is 45.7 Å². The van der Waals surface area contributed by atoms with Crippen molar-refractivity contribution in [3.63, 3.8) is 0 Å². The Bertz CT molecular complexity index is 765. The van der Waals surface area contributed by atoms with E-state index in [-0.39, 0.29) is 11.7 Å². The molecule has 112 valence electrons. The summed E-state index contributed by atoms with van der Waals surface area (Å²) in [6.45, 7) is 2.44. The van der Waals surface area contributed by atoms with E-state index in [1.54, 1.807) is 35.2 Å². The van der Waals surface area contributed by atoms with E-state index in [2.05, 4.69) is 0 Å². The van der Waals surface area contributed by atoms with Gasteiger partial charge in [0.2, 0.25) is 0 Å². The fraction of sp³-hybridized carbons (Fsp3) is 0.125. The second-order valence-electron chi connectivity index (χ2n) is 4.63.